The number of carbonyl (C=O) groups is 1. The van der Waals surface area contributed by atoms with Gasteiger partial charge in [0.2, 0.25) is 0 Å². The van der Waals surface area contributed by atoms with Crippen LogP contribution in [-0.2, 0) is 16.1 Å². The third-order valence-corrected chi connectivity index (χ3v) is 5.99. The number of ether oxygens (including phenoxy) is 2. The summed E-state index contributed by atoms with van der Waals surface area (Å²) in [5.41, 5.74) is 2.10. The van der Waals surface area contributed by atoms with E-state index in [-0.39, 0.29) is 6.04 Å². The molecular weight excluding hydrogens is 492 g/mol. The highest BCUT2D eigenvalue weighted by Gasteiger charge is 2.48. The minimum atomic E-state index is -1.44. The predicted molar refractivity (Wildman–Crippen MR) is 136 cm³/mol. The number of nitrogens with zero attached hydrogens (tertiary/aromatic N) is 6. The van der Waals surface area contributed by atoms with Gasteiger partial charge in [-0.3, -0.25) is 19.3 Å². The Balaban J connectivity index is 1.56. The number of amides is 1. The van der Waals surface area contributed by atoms with Crippen molar-refractivity contribution in [2.75, 3.05) is 12.4 Å². The number of carbonyl (C=O) groups excluding carboxylic acids is 1. The third-order valence-electron chi connectivity index (χ3n) is 5.99. The van der Waals surface area contributed by atoms with Crippen molar-refractivity contribution in [2.45, 2.75) is 51.0 Å². The first-order valence-electron chi connectivity index (χ1n) is 12.1. The van der Waals surface area contributed by atoms with E-state index >= 15 is 0 Å². The van der Waals surface area contributed by atoms with Crippen LogP contribution in [0.5, 0.6) is 5.75 Å². The molecule has 13 heteroatoms. The number of methoxy groups -OCH3 is 1. The van der Waals surface area contributed by atoms with E-state index in [1.54, 1.807) is 38.5 Å². The fraction of sp³-hybridized carbons (Fsp3) is 0.360. The standard InChI is InChI=1S/C25H28N8O5/c1-13(2)30-24(36)20-18(34)19(35)25(38-20)33-12-29-17-22(28-10-15-6-4-5-7-27-15)31-21(32-23(17)33)14-8-16(37-3)11-26-9-14/h4-9,11-13,18-20,25,34-35H,10H2,1-3H3,(H,30,36)(H,28,31,32)/t18-,19+,20-,25+/m0/s1. The second-order valence-corrected chi connectivity index (χ2v) is 9.10. The number of aliphatic hydroxyl groups excluding tert-OH is 2. The maximum Gasteiger partial charge on any atom is 0.252 e. The zero-order valence-corrected chi connectivity index (χ0v) is 21.0. The van der Waals surface area contributed by atoms with E-state index in [9.17, 15) is 15.0 Å². The van der Waals surface area contributed by atoms with Gasteiger partial charge in [-0.05, 0) is 32.0 Å². The number of hydrogen-bond donors (Lipinski definition) is 4. The molecular formula is C25H28N8O5. The molecule has 1 aliphatic rings. The summed E-state index contributed by atoms with van der Waals surface area (Å²) in [5.74, 6) is 0.740. The summed E-state index contributed by atoms with van der Waals surface area (Å²) >= 11 is 0. The highest BCUT2D eigenvalue weighted by Crippen LogP contribution is 2.34. The van der Waals surface area contributed by atoms with Crippen molar-refractivity contribution in [3.63, 3.8) is 0 Å². The van der Waals surface area contributed by atoms with Gasteiger partial charge in [0, 0.05) is 24.0 Å². The number of aromatic nitrogens is 6. The number of pyridine rings is 2. The van der Waals surface area contributed by atoms with Gasteiger partial charge in [0.05, 0.1) is 31.9 Å². The Hall–Kier alpha value is -4.20. The highest BCUT2D eigenvalue weighted by atomic mass is 16.6. The topological polar surface area (TPSA) is 169 Å². The first-order chi connectivity index (χ1) is 18.4. The largest absolute Gasteiger partial charge is 0.495 e. The molecule has 1 aliphatic heterocycles. The molecule has 0 bridgehead atoms. The molecule has 38 heavy (non-hydrogen) atoms. The molecule has 0 radical (unpaired) electrons. The second-order valence-electron chi connectivity index (χ2n) is 9.10. The van der Waals surface area contributed by atoms with Crippen LogP contribution in [0.3, 0.4) is 0 Å². The van der Waals surface area contributed by atoms with Crippen molar-refractivity contribution >= 4 is 22.9 Å². The molecule has 0 saturated carbocycles. The monoisotopic (exact) mass is 520 g/mol. The van der Waals surface area contributed by atoms with Gasteiger partial charge in [0.25, 0.3) is 5.91 Å². The van der Waals surface area contributed by atoms with Crippen LogP contribution in [0.4, 0.5) is 5.82 Å². The van der Waals surface area contributed by atoms with Crippen LogP contribution in [0, 0.1) is 0 Å². The average molecular weight is 521 g/mol. The van der Waals surface area contributed by atoms with E-state index < -0.39 is 30.4 Å². The fourth-order valence-corrected chi connectivity index (χ4v) is 4.16. The lowest BCUT2D eigenvalue weighted by atomic mass is 10.1. The van der Waals surface area contributed by atoms with Gasteiger partial charge >= 0.3 is 0 Å². The van der Waals surface area contributed by atoms with Crippen molar-refractivity contribution in [2.24, 2.45) is 0 Å². The Morgan fingerprint density at radius 1 is 1.18 bits per heavy atom. The van der Waals surface area contributed by atoms with Gasteiger partial charge in [-0.25, -0.2) is 15.0 Å². The molecule has 1 fully saturated rings. The Bertz CT molecular complexity index is 1430. The summed E-state index contributed by atoms with van der Waals surface area (Å²) in [6.07, 6.45) is 1.07. The summed E-state index contributed by atoms with van der Waals surface area (Å²) in [7, 11) is 1.54. The van der Waals surface area contributed by atoms with Gasteiger partial charge in [0.1, 0.15) is 18.0 Å². The van der Waals surface area contributed by atoms with Gasteiger partial charge < -0.3 is 30.3 Å². The summed E-state index contributed by atoms with van der Waals surface area (Å²) in [6, 6.07) is 7.18. The summed E-state index contributed by atoms with van der Waals surface area (Å²) in [5, 5.41) is 27.4. The number of fused-ring (bicyclic) bond motifs is 1. The highest BCUT2D eigenvalue weighted by molar-refractivity contribution is 5.85. The number of anilines is 1. The van der Waals surface area contributed by atoms with Crippen LogP contribution >= 0.6 is 0 Å². The van der Waals surface area contributed by atoms with Crippen molar-refractivity contribution in [3.8, 4) is 17.1 Å². The van der Waals surface area contributed by atoms with Crippen LogP contribution in [0.15, 0.2) is 49.2 Å². The maximum atomic E-state index is 12.6. The summed E-state index contributed by atoms with van der Waals surface area (Å²) in [4.78, 5) is 34.9. The SMILES string of the molecule is COc1cncc(-c2nc(NCc3ccccn3)c3ncn([C@@H]4O[C@H](C(=O)NC(C)C)[C@@H](O)[C@H]4O)c3n2)c1. The van der Waals surface area contributed by atoms with Crippen LogP contribution in [-0.4, -0.2) is 77.1 Å². The van der Waals surface area contributed by atoms with Crippen LogP contribution < -0.4 is 15.4 Å². The molecule has 0 spiro atoms. The smallest absolute Gasteiger partial charge is 0.252 e. The molecule has 4 aromatic heterocycles. The lowest BCUT2D eigenvalue weighted by Crippen LogP contribution is -2.45. The molecule has 4 N–H and O–H groups in total. The van der Waals surface area contributed by atoms with Crippen LogP contribution in [0.2, 0.25) is 0 Å². The Labute approximate surface area is 217 Å². The Kier molecular flexibility index (Phi) is 7.13. The summed E-state index contributed by atoms with van der Waals surface area (Å²) < 4.78 is 12.6. The zero-order chi connectivity index (χ0) is 26.8. The van der Waals surface area contributed by atoms with Crippen molar-refractivity contribution in [1.82, 2.24) is 34.8 Å². The van der Waals surface area contributed by atoms with E-state index in [0.717, 1.165) is 5.69 Å². The Morgan fingerprint density at radius 2 is 2.03 bits per heavy atom. The number of hydrogen-bond acceptors (Lipinski definition) is 11. The second kappa shape index (κ2) is 10.7. The van der Waals surface area contributed by atoms with Crippen molar-refractivity contribution < 1.29 is 24.5 Å². The molecule has 4 aromatic rings. The van der Waals surface area contributed by atoms with Crippen LogP contribution in [0.25, 0.3) is 22.6 Å². The lowest BCUT2D eigenvalue weighted by molar-refractivity contribution is -0.138. The number of nitrogens with one attached hydrogen (secondary N) is 2. The van der Waals surface area contributed by atoms with E-state index in [1.165, 1.54) is 18.0 Å². The zero-order valence-electron chi connectivity index (χ0n) is 21.0. The number of rotatable bonds is 8. The van der Waals surface area contributed by atoms with Crippen molar-refractivity contribution in [3.05, 3.63) is 54.9 Å². The summed E-state index contributed by atoms with van der Waals surface area (Å²) in [6.45, 7) is 3.96. The van der Waals surface area contributed by atoms with E-state index in [0.29, 0.717) is 40.7 Å². The number of imidazole rings is 1. The first kappa shape index (κ1) is 25.4. The minimum Gasteiger partial charge on any atom is -0.495 e. The molecule has 5 rings (SSSR count). The molecule has 1 amide bonds. The van der Waals surface area contributed by atoms with Crippen molar-refractivity contribution in [1.29, 1.82) is 0 Å². The fourth-order valence-electron chi connectivity index (χ4n) is 4.16. The molecule has 4 atom stereocenters. The van der Waals surface area contributed by atoms with Gasteiger partial charge in [-0.15, -0.1) is 0 Å². The Morgan fingerprint density at radius 3 is 2.76 bits per heavy atom. The average Bonchev–Trinajstić information content (AvgIpc) is 3.48. The third kappa shape index (κ3) is 4.98. The maximum absolute atomic E-state index is 12.6. The first-order valence-corrected chi connectivity index (χ1v) is 12.1. The molecule has 198 valence electrons. The number of aliphatic hydroxyl groups is 2. The lowest BCUT2D eigenvalue weighted by Gasteiger charge is -2.17. The quantitative estimate of drug-likeness (QED) is 0.262. The molecule has 0 aliphatic carbocycles. The van der Waals surface area contributed by atoms with E-state index in [4.69, 9.17) is 9.47 Å². The van der Waals surface area contributed by atoms with Gasteiger partial charge in [0.15, 0.2) is 35.1 Å². The molecule has 13 nitrogen and oxygen atoms in total. The molecule has 0 aromatic carbocycles. The van der Waals surface area contributed by atoms with Crippen LogP contribution in [0.1, 0.15) is 25.8 Å². The molecule has 0 unspecified atom stereocenters. The predicted octanol–water partition coefficient (Wildman–Crippen LogP) is 1.05. The normalized spacial score (nSPS) is 21.1. The van der Waals surface area contributed by atoms with E-state index in [1.807, 2.05) is 18.2 Å². The van der Waals surface area contributed by atoms with Gasteiger partial charge in [-0.2, -0.15) is 0 Å². The van der Waals surface area contributed by atoms with Gasteiger partial charge in [-0.1, -0.05) is 6.07 Å². The molecule has 5 heterocycles. The molecule has 1 saturated heterocycles. The minimum absolute atomic E-state index is 0.164. The van der Waals surface area contributed by atoms with E-state index in [2.05, 4.69) is 35.6 Å².